The minimum Gasteiger partial charge on any atom is -0.489 e. The first-order chi connectivity index (χ1) is 11.2. The van der Waals surface area contributed by atoms with Gasteiger partial charge in [-0.3, -0.25) is 4.79 Å². The van der Waals surface area contributed by atoms with Gasteiger partial charge < -0.3 is 4.74 Å². The molecule has 3 rings (SSSR count). The summed E-state index contributed by atoms with van der Waals surface area (Å²) < 4.78 is 18.8. The van der Waals surface area contributed by atoms with E-state index in [1.165, 1.54) is 12.1 Å². The Morgan fingerprint density at radius 2 is 1.91 bits per heavy atom. The van der Waals surface area contributed by atoms with Gasteiger partial charge in [-0.2, -0.15) is 0 Å². The number of rotatable bonds is 6. The van der Waals surface area contributed by atoms with Crippen LogP contribution in [0.3, 0.4) is 0 Å². The fraction of sp³-hybridized carbons (Fsp3) is 0.105. The third-order valence-corrected chi connectivity index (χ3v) is 4.24. The molecule has 0 N–H and O–H groups in total. The molecule has 0 unspecified atom stereocenters. The van der Waals surface area contributed by atoms with E-state index >= 15 is 0 Å². The van der Waals surface area contributed by atoms with Crippen LogP contribution in [0.25, 0.3) is 0 Å². The van der Waals surface area contributed by atoms with E-state index in [4.69, 9.17) is 4.74 Å². The number of thiophene rings is 1. The molecule has 0 spiro atoms. The van der Waals surface area contributed by atoms with Crippen LogP contribution in [0, 0.1) is 5.82 Å². The molecule has 0 amide bonds. The molecule has 23 heavy (non-hydrogen) atoms. The Balaban J connectivity index is 1.66. The first-order valence-corrected chi connectivity index (χ1v) is 8.11. The van der Waals surface area contributed by atoms with Crippen molar-refractivity contribution in [2.24, 2.45) is 0 Å². The normalized spacial score (nSPS) is 10.5. The summed E-state index contributed by atoms with van der Waals surface area (Å²) in [7, 11) is 0. The number of hydrogen-bond donors (Lipinski definition) is 0. The number of hydrogen-bond acceptors (Lipinski definition) is 3. The maximum Gasteiger partial charge on any atom is 0.168 e. The fourth-order valence-corrected chi connectivity index (χ4v) is 2.93. The van der Waals surface area contributed by atoms with Crippen molar-refractivity contribution < 1.29 is 13.9 Å². The smallest absolute Gasteiger partial charge is 0.168 e. The zero-order valence-electron chi connectivity index (χ0n) is 12.4. The summed E-state index contributed by atoms with van der Waals surface area (Å²) in [6.45, 7) is 0.264. The molecular weight excluding hydrogens is 311 g/mol. The Labute approximate surface area is 138 Å². The van der Waals surface area contributed by atoms with E-state index in [2.05, 4.69) is 0 Å². The Kier molecular flexibility index (Phi) is 4.83. The van der Waals surface area contributed by atoms with Gasteiger partial charge in [0.15, 0.2) is 5.78 Å². The number of benzene rings is 2. The maximum atomic E-state index is 13.1. The van der Waals surface area contributed by atoms with E-state index in [9.17, 15) is 9.18 Å². The highest BCUT2D eigenvalue weighted by Gasteiger charge is 2.09. The van der Waals surface area contributed by atoms with Gasteiger partial charge >= 0.3 is 0 Å². The third kappa shape index (κ3) is 4.27. The van der Waals surface area contributed by atoms with Crippen molar-refractivity contribution in [3.8, 4) is 5.75 Å². The summed E-state index contributed by atoms with van der Waals surface area (Å²) in [5.41, 5.74) is 1.37. The van der Waals surface area contributed by atoms with Crippen LogP contribution >= 0.6 is 11.3 Å². The molecule has 1 heterocycles. The number of carbonyl (C=O) groups excluding carboxylic acids is 1. The second-order valence-electron chi connectivity index (χ2n) is 5.13. The van der Waals surface area contributed by atoms with Gasteiger partial charge in [0.25, 0.3) is 0 Å². The molecule has 0 aliphatic heterocycles. The first kappa shape index (κ1) is 15.4. The molecule has 4 heteroatoms. The third-order valence-electron chi connectivity index (χ3n) is 3.37. The molecule has 0 saturated heterocycles. The monoisotopic (exact) mass is 326 g/mol. The van der Waals surface area contributed by atoms with E-state index in [-0.39, 0.29) is 18.2 Å². The van der Waals surface area contributed by atoms with Crippen LogP contribution in [0.4, 0.5) is 4.39 Å². The zero-order chi connectivity index (χ0) is 16.1. The van der Waals surface area contributed by atoms with Crippen molar-refractivity contribution in [1.29, 1.82) is 0 Å². The standard InChI is InChI=1S/C19H15FO2S/c20-16-6-1-4-14(10-16)13-22-17-7-2-5-15(11-17)19(21)12-18-8-3-9-23-18/h1-11H,12-13H2. The maximum absolute atomic E-state index is 13.1. The Hall–Kier alpha value is -2.46. The Bertz CT molecular complexity index is 797. The van der Waals surface area contributed by atoms with E-state index in [1.54, 1.807) is 47.7 Å². The Morgan fingerprint density at radius 1 is 1.04 bits per heavy atom. The molecular formula is C19H15FO2S. The summed E-state index contributed by atoms with van der Waals surface area (Å²) in [5.74, 6) is 0.376. The highest BCUT2D eigenvalue weighted by molar-refractivity contribution is 7.10. The molecule has 0 bridgehead atoms. The summed E-state index contributed by atoms with van der Waals surface area (Å²) in [6.07, 6.45) is 0.394. The molecule has 3 aromatic rings. The highest BCUT2D eigenvalue weighted by atomic mass is 32.1. The van der Waals surface area contributed by atoms with Crippen molar-refractivity contribution in [3.05, 3.63) is 87.9 Å². The van der Waals surface area contributed by atoms with Gasteiger partial charge in [0.2, 0.25) is 0 Å². The number of carbonyl (C=O) groups is 1. The summed E-state index contributed by atoms with van der Waals surface area (Å²) in [4.78, 5) is 13.3. The molecule has 0 atom stereocenters. The van der Waals surface area contributed by atoms with Crippen molar-refractivity contribution in [3.63, 3.8) is 0 Å². The van der Waals surface area contributed by atoms with E-state index in [0.29, 0.717) is 17.7 Å². The summed E-state index contributed by atoms with van der Waals surface area (Å²) >= 11 is 1.57. The minimum atomic E-state index is -0.286. The van der Waals surface area contributed by atoms with E-state index < -0.39 is 0 Å². The molecule has 0 aliphatic rings. The van der Waals surface area contributed by atoms with Gasteiger partial charge in [0.05, 0.1) is 0 Å². The van der Waals surface area contributed by atoms with Crippen LogP contribution in [0.1, 0.15) is 20.8 Å². The fourth-order valence-electron chi connectivity index (χ4n) is 2.23. The van der Waals surface area contributed by atoms with E-state index in [0.717, 1.165) is 10.4 Å². The molecule has 1 aromatic heterocycles. The molecule has 0 aliphatic carbocycles. The summed E-state index contributed by atoms with van der Waals surface area (Å²) in [5, 5.41) is 1.96. The van der Waals surface area contributed by atoms with Gasteiger partial charge in [-0.1, -0.05) is 30.3 Å². The number of Topliss-reactive ketones (excluding diaryl/α,β-unsaturated/α-hetero) is 1. The van der Waals surface area contributed by atoms with Gasteiger partial charge in [-0.15, -0.1) is 11.3 Å². The largest absolute Gasteiger partial charge is 0.489 e. The predicted molar refractivity (Wildman–Crippen MR) is 89.5 cm³/mol. The molecule has 2 nitrogen and oxygen atoms in total. The predicted octanol–water partition coefficient (Wildman–Crippen LogP) is 4.89. The summed E-state index contributed by atoms with van der Waals surface area (Å²) in [6, 6.07) is 17.3. The van der Waals surface area contributed by atoms with Crippen molar-refractivity contribution in [2.75, 3.05) is 0 Å². The molecule has 2 aromatic carbocycles. The highest BCUT2D eigenvalue weighted by Crippen LogP contribution is 2.18. The van der Waals surface area contributed by atoms with Crippen molar-refractivity contribution in [2.45, 2.75) is 13.0 Å². The number of halogens is 1. The second kappa shape index (κ2) is 7.20. The van der Waals surface area contributed by atoms with E-state index in [1.807, 2.05) is 17.5 Å². The molecule has 0 saturated carbocycles. The van der Waals surface area contributed by atoms with Crippen LogP contribution in [-0.4, -0.2) is 5.78 Å². The number of ketones is 1. The lowest BCUT2D eigenvalue weighted by Crippen LogP contribution is -2.03. The number of ether oxygens (including phenoxy) is 1. The van der Waals surface area contributed by atoms with Gasteiger partial charge in [-0.25, -0.2) is 4.39 Å². The molecule has 0 fully saturated rings. The van der Waals surface area contributed by atoms with Crippen molar-refractivity contribution in [1.82, 2.24) is 0 Å². The second-order valence-corrected chi connectivity index (χ2v) is 6.16. The van der Waals surface area contributed by atoms with Crippen LogP contribution < -0.4 is 4.74 Å². The van der Waals surface area contributed by atoms with Crippen LogP contribution in [0.2, 0.25) is 0 Å². The lowest BCUT2D eigenvalue weighted by Gasteiger charge is -2.08. The van der Waals surface area contributed by atoms with Crippen molar-refractivity contribution >= 4 is 17.1 Å². The average molecular weight is 326 g/mol. The molecule has 116 valence electrons. The van der Waals surface area contributed by atoms with Gasteiger partial charge in [0.1, 0.15) is 18.2 Å². The lowest BCUT2D eigenvalue weighted by atomic mass is 10.1. The minimum absolute atomic E-state index is 0.0589. The SMILES string of the molecule is O=C(Cc1cccs1)c1cccc(OCc2cccc(F)c2)c1. The van der Waals surface area contributed by atoms with Gasteiger partial charge in [0, 0.05) is 16.9 Å². The van der Waals surface area contributed by atoms with Gasteiger partial charge in [-0.05, 0) is 41.3 Å². The topological polar surface area (TPSA) is 26.3 Å². The van der Waals surface area contributed by atoms with Crippen LogP contribution in [-0.2, 0) is 13.0 Å². The zero-order valence-corrected chi connectivity index (χ0v) is 13.2. The van der Waals surface area contributed by atoms with Crippen LogP contribution in [0.5, 0.6) is 5.75 Å². The average Bonchev–Trinajstić information content (AvgIpc) is 3.06. The first-order valence-electron chi connectivity index (χ1n) is 7.23. The van der Waals surface area contributed by atoms with Crippen LogP contribution in [0.15, 0.2) is 66.0 Å². The lowest BCUT2D eigenvalue weighted by molar-refractivity contribution is 0.0993. The molecule has 0 radical (unpaired) electrons. The quantitative estimate of drug-likeness (QED) is 0.603. The Morgan fingerprint density at radius 3 is 2.70 bits per heavy atom.